The summed E-state index contributed by atoms with van der Waals surface area (Å²) in [6.45, 7) is 2.47. The third kappa shape index (κ3) is 2.68. The van der Waals surface area contributed by atoms with Crippen molar-refractivity contribution in [3.8, 4) is 0 Å². The van der Waals surface area contributed by atoms with Crippen LogP contribution in [0.3, 0.4) is 0 Å². The molecule has 0 radical (unpaired) electrons. The number of rotatable bonds is 3. The van der Waals surface area contributed by atoms with Crippen molar-refractivity contribution in [2.45, 2.75) is 19.9 Å². The average molecular weight is 290 g/mol. The maximum Gasteiger partial charge on any atom is 0.273 e. The highest BCUT2D eigenvalue weighted by Gasteiger charge is 2.08. The summed E-state index contributed by atoms with van der Waals surface area (Å²) in [4.78, 5) is 20.9. The van der Waals surface area contributed by atoms with Crippen LogP contribution < -0.4 is 5.56 Å². The molecule has 0 spiro atoms. The fourth-order valence-electron chi connectivity index (χ4n) is 1.39. The summed E-state index contributed by atoms with van der Waals surface area (Å²) in [5.41, 5.74) is 2.48. The van der Waals surface area contributed by atoms with Gasteiger partial charge in [0.15, 0.2) is 5.15 Å². The lowest BCUT2D eigenvalue weighted by atomic mass is 10.3. The van der Waals surface area contributed by atoms with E-state index in [1.54, 1.807) is 16.8 Å². The van der Waals surface area contributed by atoms with Gasteiger partial charge in [-0.25, -0.2) is 9.97 Å². The zero-order chi connectivity index (χ0) is 12.4. The molecule has 0 saturated heterocycles. The molecule has 2 rings (SSSR count). The topological polar surface area (TPSA) is 47.8 Å². The summed E-state index contributed by atoms with van der Waals surface area (Å²) in [6.07, 6.45) is 2.14. The van der Waals surface area contributed by atoms with Crippen LogP contribution in [0.25, 0.3) is 0 Å². The summed E-state index contributed by atoms with van der Waals surface area (Å²) >= 11 is 13.0. The van der Waals surface area contributed by atoms with Crippen LogP contribution in [0.4, 0.5) is 0 Å². The van der Waals surface area contributed by atoms with E-state index in [4.69, 9.17) is 23.2 Å². The Morgan fingerprint density at radius 2 is 2.18 bits per heavy atom. The van der Waals surface area contributed by atoms with Crippen LogP contribution in [-0.2, 0) is 13.0 Å². The standard InChI is InChI=1S/C10H9Cl2N3OS/c1-6-7(17-5-14-6)2-3-15-4-13-9(12)8(11)10(15)16/h4-5H,2-3H2,1H3. The van der Waals surface area contributed by atoms with Crippen LogP contribution in [-0.4, -0.2) is 14.5 Å². The minimum absolute atomic E-state index is 0.0322. The second kappa shape index (κ2) is 5.16. The third-order valence-electron chi connectivity index (χ3n) is 2.36. The molecule has 0 bridgehead atoms. The van der Waals surface area contributed by atoms with Gasteiger partial charge in [0.25, 0.3) is 5.56 Å². The molecule has 0 amide bonds. The van der Waals surface area contributed by atoms with Crippen LogP contribution >= 0.6 is 34.5 Å². The molecule has 0 aromatic carbocycles. The maximum absolute atomic E-state index is 11.7. The predicted octanol–water partition coefficient (Wildman–Crippen LogP) is 2.56. The van der Waals surface area contributed by atoms with Gasteiger partial charge in [0.2, 0.25) is 0 Å². The van der Waals surface area contributed by atoms with Gasteiger partial charge in [-0.15, -0.1) is 11.3 Å². The van der Waals surface area contributed by atoms with Crippen molar-refractivity contribution >= 4 is 34.5 Å². The van der Waals surface area contributed by atoms with E-state index in [1.807, 2.05) is 6.92 Å². The van der Waals surface area contributed by atoms with E-state index in [0.29, 0.717) is 6.54 Å². The largest absolute Gasteiger partial charge is 0.298 e. The number of hydrogen-bond acceptors (Lipinski definition) is 4. The predicted molar refractivity (Wildman–Crippen MR) is 69.1 cm³/mol. The zero-order valence-corrected chi connectivity index (χ0v) is 11.3. The lowest BCUT2D eigenvalue weighted by Gasteiger charge is -2.05. The summed E-state index contributed by atoms with van der Waals surface area (Å²) < 4.78 is 1.45. The van der Waals surface area contributed by atoms with Crippen molar-refractivity contribution in [3.05, 3.63) is 42.9 Å². The van der Waals surface area contributed by atoms with Crippen LogP contribution in [0.5, 0.6) is 0 Å². The van der Waals surface area contributed by atoms with E-state index in [0.717, 1.165) is 17.0 Å². The first-order valence-corrected chi connectivity index (χ1v) is 6.52. The molecular formula is C10H9Cl2N3OS. The van der Waals surface area contributed by atoms with Gasteiger partial charge in [-0.1, -0.05) is 23.2 Å². The molecule has 0 aliphatic carbocycles. The molecule has 0 unspecified atom stereocenters. The molecule has 2 aromatic heterocycles. The maximum atomic E-state index is 11.7. The normalized spacial score (nSPS) is 10.8. The summed E-state index contributed by atoms with van der Waals surface area (Å²) in [7, 11) is 0. The van der Waals surface area contributed by atoms with Crippen molar-refractivity contribution in [2.24, 2.45) is 0 Å². The van der Waals surface area contributed by atoms with Crippen molar-refractivity contribution in [1.29, 1.82) is 0 Å². The number of nitrogens with zero attached hydrogens (tertiary/aromatic N) is 3. The molecule has 2 aromatic rings. The molecule has 0 atom stereocenters. The van der Waals surface area contributed by atoms with E-state index in [9.17, 15) is 4.79 Å². The Hall–Kier alpha value is -0.910. The Labute approximate surface area is 112 Å². The summed E-state index contributed by atoms with van der Waals surface area (Å²) in [5.74, 6) is 0. The summed E-state index contributed by atoms with van der Waals surface area (Å²) in [6, 6.07) is 0. The lowest BCUT2D eigenvalue weighted by Crippen LogP contribution is -2.22. The first-order chi connectivity index (χ1) is 8.09. The van der Waals surface area contributed by atoms with E-state index in [-0.39, 0.29) is 15.7 Å². The number of halogens is 2. The SMILES string of the molecule is Cc1ncsc1CCn1cnc(Cl)c(Cl)c1=O. The Morgan fingerprint density at radius 1 is 1.41 bits per heavy atom. The average Bonchev–Trinajstić information content (AvgIpc) is 2.71. The van der Waals surface area contributed by atoms with E-state index >= 15 is 0 Å². The van der Waals surface area contributed by atoms with E-state index in [2.05, 4.69) is 9.97 Å². The zero-order valence-electron chi connectivity index (χ0n) is 8.98. The lowest BCUT2D eigenvalue weighted by molar-refractivity contribution is 0.657. The number of aromatic nitrogens is 3. The third-order valence-corrected chi connectivity index (χ3v) is 4.08. The fraction of sp³-hybridized carbons (Fsp3) is 0.300. The van der Waals surface area contributed by atoms with E-state index in [1.165, 1.54) is 10.9 Å². The molecule has 0 fully saturated rings. The second-order valence-corrected chi connectivity index (χ2v) is 5.13. The van der Waals surface area contributed by atoms with Crippen LogP contribution in [0.15, 0.2) is 16.6 Å². The Morgan fingerprint density at radius 3 is 2.82 bits per heavy atom. The van der Waals surface area contributed by atoms with Crippen LogP contribution in [0.2, 0.25) is 10.2 Å². The van der Waals surface area contributed by atoms with Gasteiger partial charge >= 0.3 is 0 Å². The smallest absolute Gasteiger partial charge is 0.273 e. The van der Waals surface area contributed by atoms with Gasteiger partial charge in [-0.2, -0.15) is 0 Å². The molecule has 7 heteroatoms. The highest BCUT2D eigenvalue weighted by molar-refractivity contribution is 7.09. The fourth-order valence-corrected chi connectivity index (χ4v) is 2.44. The van der Waals surface area contributed by atoms with Crippen LogP contribution in [0, 0.1) is 6.92 Å². The van der Waals surface area contributed by atoms with Crippen molar-refractivity contribution in [3.63, 3.8) is 0 Å². The van der Waals surface area contributed by atoms with Gasteiger partial charge in [-0.3, -0.25) is 9.36 Å². The van der Waals surface area contributed by atoms with Crippen molar-refractivity contribution in [2.75, 3.05) is 0 Å². The van der Waals surface area contributed by atoms with Crippen molar-refractivity contribution in [1.82, 2.24) is 14.5 Å². The second-order valence-electron chi connectivity index (χ2n) is 3.46. The summed E-state index contributed by atoms with van der Waals surface area (Å²) in [5, 5.41) is 0.0112. The minimum Gasteiger partial charge on any atom is -0.298 e. The van der Waals surface area contributed by atoms with Gasteiger partial charge in [-0.05, 0) is 6.92 Å². The monoisotopic (exact) mass is 289 g/mol. The molecule has 90 valence electrons. The molecular weight excluding hydrogens is 281 g/mol. The quantitative estimate of drug-likeness (QED) is 0.816. The molecule has 4 nitrogen and oxygen atoms in total. The first-order valence-electron chi connectivity index (χ1n) is 4.89. The first kappa shape index (κ1) is 12.5. The highest BCUT2D eigenvalue weighted by atomic mass is 35.5. The Bertz CT molecular complexity index is 593. The van der Waals surface area contributed by atoms with Gasteiger partial charge in [0.1, 0.15) is 5.02 Å². The van der Waals surface area contributed by atoms with E-state index < -0.39 is 0 Å². The van der Waals surface area contributed by atoms with Gasteiger partial charge in [0.05, 0.1) is 17.5 Å². The number of thiazole rings is 1. The molecule has 0 N–H and O–H groups in total. The Balaban J connectivity index is 2.18. The Kier molecular flexibility index (Phi) is 3.81. The minimum atomic E-state index is -0.311. The van der Waals surface area contributed by atoms with Gasteiger partial charge in [0, 0.05) is 17.8 Å². The van der Waals surface area contributed by atoms with Gasteiger partial charge < -0.3 is 0 Å². The molecule has 17 heavy (non-hydrogen) atoms. The molecule has 0 saturated carbocycles. The van der Waals surface area contributed by atoms with Crippen LogP contribution in [0.1, 0.15) is 10.6 Å². The molecule has 0 aliphatic rings. The molecule has 0 aliphatic heterocycles. The van der Waals surface area contributed by atoms with Crippen molar-refractivity contribution < 1.29 is 0 Å². The highest BCUT2D eigenvalue weighted by Crippen LogP contribution is 2.15. The number of hydrogen-bond donors (Lipinski definition) is 0. The number of aryl methyl sites for hydroxylation is 3. The molecule has 2 heterocycles.